The van der Waals surface area contributed by atoms with E-state index in [2.05, 4.69) is 5.10 Å². The smallest absolute Gasteiger partial charge is 0.224 e. The second-order valence-electron chi connectivity index (χ2n) is 4.38. The number of fused-ring (bicyclic) bond motifs is 1. The number of nitrogens with two attached hydrogens (primary N) is 1. The highest BCUT2D eigenvalue weighted by Gasteiger charge is 2.27. The average molecular weight is 238 g/mol. The van der Waals surface area contributed by atoms with E-state index in [0.717, 1.165) is 5.69 Å². The van der Waals surface area contributed by atoms with Crippen molar-refractivity contribution in [2.24, 2.45) is 5.73 Å². The second kappa shape index (κ2) is 4.85. The Morgan fingerprint density at radius 1 is 1.71 bits per heavy atom. The highest BCUT2D eigenvalue weighted by atomic mass is 16.3. The predicted molar refractivity (Wildman–Crippen MR) is 61.8 cm³/mol. The third-order valence-electron chi connectivity index (χ3n) is 3.06. The lowest BCUT2D eigenvalue weighted by atomic mass is 10.1. The maximum absolute atomic E-state index is 11.9. The highest BCUT2D eigenvalue weighted by Crippen LogP contribution is 2.19. The molecule has 17 heavy (non-hydrogen) atoms. The fourth-order valence-electron chi connectivity index (χ4n) is 2.16. The van der Waals surface area contributed by atoms with E-state index in [1.54, 1.807) is 0 Å². The molecule has 6 nitrogen and oxygen atoms in total. The zero-order valence-electron chi connectivity index (χ0n) is 9.96. The van der Waals surface area contributed by atoms with Crippen molar-refractivity contribution in [2.75, 3.05) is 6.54 Å². The Balaban J connectivity index is 2.17. The van der Waals surface area contributed by atoms with Crippen LogP contribution in [0.5, 0.6) is 0 Å². The summed E-state index contributed by atoms with van der Waals surface area (Å²) < 4.78 is 1.86. The molecular weight excluding hydrogens is 220 g/mol. The Morgan fingerprint density at radius 2 is 2.47 bits per heavy atom. The van der Waals surface area contributed by atoms with Crippen molar-refractivity contribution in [3.05, 3.63) is 17.5 Å². The lowest BCUT2D eigenvalue weighted by Crippen LogP contribution is -2.45. The third kappa shape index (κ3) is 2.32. The van der Waals surface area contributed by atoms with E-state index in [9.17, 15) is 4.79 Å². The number of amides is 1. The van der Waals surface area contributed by atoms with Crippen molar-refractivity contribution in [1.29, 1.82) is 0 Å². The Hall–Kier alpha value is -1.40. The zero-order chi connectivity index (χ0) is 12.4. The maximum atomic E-state index is 11.9. The Labute approximate surface area is 100 Å². The van der Waals surface area contributed by atoms with Gasteiger partial charge in [-0.1, -0.05) is 0 Å². The van der Waals surface area contributed by atoms with E-state index in [-0.39, 0.29) is 18.6 Å². The van der Waals surface area contributed by atoms with E-state index in [1.165, 1.54) is 0 Å². The van der Waals surface area contributed by atoms with Crippen LogP contribution in [-0.4, -0.2) is 38.3 Å². The van der Waals surface area contributed by atoms with Crippen molar-refractivity contribution in [3.63, 3.8) is 0 Å². The molecule has 1 aliphatic rings. The largest absolute Gasteiger partial charge is 0.390 e. The molecule has 0 bridgehead atoms. The van der Waals surface area contributed by atoms with Gasteiger partial charge in [0.25, 0.3) is 0 Å². The number of nitrogens with zero attached hydrogens (tertiary/aromatic N) is 3. The van der Waals surface area contributed by atoms with Gasteiger partial charge in [0, 0.05) is 19.0 Å². The van der Waals surface area contributed by atoms with E-state index in [0.29, 0.717) is 31.7 Å². The third-order valence-corrected chi connectivity index (χ3v) is 3.06. The number of hydrogen-bond acceptors (Lipinski definition) is 4. The number of hydrogen-bond donors (Lipinski definition) is 2. The molecule has 3 N–H and O–H groups in total. The lowest BCUT2D eigenvalue weighted by molar-refractivity contribution is -0.135. The minimum absolute atomic E-state index is 0.0644. The van der Waals surface area contributed by atoms with Gasteiger partial charge in [0.05, 0.1) is 31.1 Å². The van der Waals surface area contributed by atoms with Gasteiger partial charge in [-0.25, -0.2) is 0 Å². The number of aliphatic hydroxyl groups is 1. The van der Waals surface area contributed by atoms with Gasteiger partial charge < -0.3 is 15.7 Å². The monoisotopic (exact) mass is 238 g/mol. The molecule has 0 saturated carbocycles. The molecule has 0 aliphatic carbocycles. The van der Waals surface area contributed by atoms with Crippen molar-refractivity contribution < 1.29 is 9.90 Å². The summed E-state index contributed by atoms with van der Waals surface area (Å²) in [6, 6.07) is 1.96. The highest BCUT2D eigenvalue weighted by molar-refractivity contribution is 5.76. The normalized spacial score (nSPS) is 19.2. The van der Waals surface area contributed by atoms with Gasteiger partial charge >= 0.3 is 0 Å². The first-order valence-electron chi connectivity index (χ1n) is 5.81. The van der Waals surface area contributed by atoms with Crippen molar-refractivity contribution in [2.45, 2.75) is 39.1 Å². The quantitative estimate of drug-likeness (QED) is 0.740. The van der Waals surface area contributed by atoms with E-state index in [1.807, 2.05) is 22.6 Å². The van der Waals surface area contributed by atoms with Gasteiger partial charge in [0.15, 0.2) is 0 Å². The van der Waals surface area contributed by atoms with Gasteiger partial charge in [-0.2, -0.15) is 5.10 Å². The minimum Gasteiger partial charge on any atom is -0.390 e. The molecule has 6 heteroatoms. The molecule has 1 aromatic rings. The van der Waals surface area contributed by atoms with Gasteiger partial charge in [-0.3, -0.25) is 9.48 Å². The molecule has 0 aromatic carbocycles. The summed E-state index contributed by atoms with van der Waals surface area (Å²) >= 11 is 0. The van der Waals surface area contributed by atoms with Gasteiger partial charge in [-0.15, -0.1) is 0 Å². The minimum atomic E-state index is -0.0644. The molecule has 2 rings (SSSR count). The first-order valence-corrected chi connectivity index (χ1v) is 5.81. The van der Waals surface area contributed by atoms with Gasteiger partial charge in [0.2, 0.25) is 5.91 Å². The van der Waals surface area contributed by atoms with Crippen LogP contribution in [0.4, 0.5) is 0 Å². The van der Waals surface area contributed by atoms with Crippen molar-refractivity contribution >= 4 is 5.91 Å². The number of aliphatic hydroxyl groups excluding tert-OH is 1. The van der Waals surface area contributed by atoms with Crippen LogP contribution in [-0.2, 0) is 24.5 Å². The second-order valence-corrected chi connectivity index (χ2v) is 4.38. The molecular formula is C11H18N4O2. The molecule has 0 radical (unpaired) electrons. The molecule has 1 amide bonds. The Morgan fingerprint density at radius 3 is 3.12 bits per heavy atom. The van der Waals surface area contributed by atoms with Gasteiger partial charge in [0.1, 0.15) is 0 Å². The van der Waals surface area contributed by atoms with Crippen LogP contribution in [0.2, 0.25) is 0 Å². The fraction of sp³-hybridized carbons (Fsp3) is 0.636. The summed E-state index contributed by atoms with van der Waals surface area (Å²) in [6.45, 7) is 3.53. The summed E-state index contributed by atoms with van der Waals surface area (Å²) in [5.41, 5.74) is 7.03. The number of aromatic nitrogens is 2. The summed E-state index contributed by atoms with van der Waals surface area (Å²) in [5, 5.41) is 13.3. The molecule has 1 aliphatic heterocycles. The first-order chi connectivity index (χ1) is 8.15. The Bertz CT molecular complexity index is 416. The maximum Gasteiger partial charge on any atom is 0.224 e. The number of rotatable bonds is 3. The van der Waals surface area contributed by atoms with Gasteiger partial charge in [-0.05, 0) is 13.0 Å². The SMILES string of the molecule is C[C@H]1Cn2nc(CO)cc2CN1C(=O)CCN. The number of carbonyl (C=O) groups is 1. The molecule has 0 saturated heterocycles. The molecule has 2 heterocycles. The summed E-state index contributed by atoms with van der Waals surface area (Å²) in [7, 11) is 0. The van der Waals surface area contributed by atoms with Crippen LogP contribution in [0, 0.1) is 0 Å². The van der Waals surface area contributed by atoms with Crippen LogP contribution < -0.4 is 5.73 Å². The molecule has 1 atom stereocenters. The van der Waals surface area contributed by atoms with E-state index < -0.39 is 0 Å². The van der Waals surface area contributed by atoms with Crippen LogP contribution in [0.25, 0.3) is 0 Å². The molecule has 0 fully saturated rings. The lowest BCUT2D eigenvalue weighted by Gasteiger charge is -2.34. The molecule has 94 valence electrons. The van der Waals surface area contributed by atoms with Crippen LogP contribution in [0.1, 0.15) is 24.7 Å². The van der Waals surface area contributed by atoms with Crippen molar-refractivity contribution in [1.82, 2.24) is 14.7 Å². The first kappa shape index (κ1) is 12.1. The summed E-state index contributed by atoms with van der Waals surface area (Å²) in [6.07, 6.45) is 0.380. The van der Waals surface area contributed by atoms with Crippen LogP contribution in [0.3, 0.4) is 0 Å². The van der Waals surface area contributed by atoms with E-state index in [4.69, 9.17) is 10.8 Å². The van der Waals surface area contributed by atoms with Crippen LogP contribution >= 0.6 is 0 Å². The fourth-order valence-corrected chi connectivity index (χ4v) is 2.16. The summed E-state index contributed by atoms with van der Waals surface area (Å²) in [4.78, 5) is 13.7. The standard InChI is InChI=1S/C11H18N4O2/c1-8-5-15-10(4-9(7-16)13-15)6-14(8)11(17)2-3-12/h4,8,16H,2-3,5-7,12H2,1H3/t8-/m0/s1. The predicted octanol–water partition coefficient (Wildman–Crippen LogP) is -0.545. The van der Waals surface area contributed by atoms with Crippen molar-refractivity contribution in [3.8, 4) is 0 Å². The Kier molecular flexibility index (Phi) is 3.44. The molecule has 0 spiro atoms. The van der Waals surface area contributed by atoms with E-state index >= 15 is 0 Å². The average Bonchev–Trinajstić information content (AvgIpc) is 2.70. The topological polar surface area (TPSA) is 84.4 Å². The molecule has 0 unspecified atom stereocenters. The summed E-state index contributed by atoms with van der Waals surface area (Å²) in [5.74, 6) is 0.0815. The zero-order valence-corrected chi connectivity index (χ0v) is 9.96. The van der Waals surface area contributed by atoms with Crippen LogP contribution in [0.15, 0.2) is 6.07 Å². The molecule has 1 aromatic heterocycles. The number of carbonyl (C=O) groups excluding carboxylic acids is 1.